The summed E-state index contributed by atoms with van der Waals surface area (Å²) in [5.41, 5.74) is 0.939. The van der Waals surface area contributed by atoms with E-state index < -0.39 is 40.8 Å². The van der Waals surface area contributed by atoms with E-state index in [2.05, 4.69) is 4.72 Å². The van der Waals surface area contributed by atoms with E-state index in [1.54, 1.807) is 12.1 Å². The van der Waals surface area contributed by atoms with E-state index in [4.69, 9.17) is 9.84 Å². The van der Waals surface area contributed by atoms with Crippen molar-refractivity contribution < 1.29 is 28.2 Å². The third-order valence-electron chi connectivity index (χ3n) is 3.46. The van der Waals surface area contributed by atoms with Crippen LogP contribution < -0.4 is 4.72 Å². The van der Waals surface area contributed by atoms with Gasteiger partial charge in [0.15, 0.2) is 0 Å². The zero-order valence-electron chi connectivity index (χ0n) is 12.5. The maximum absolute atomic E-state index is 12.4. The second-order valence-corrected chi connectivity index (χ2v) is 7.05. The molecule has 7 nitrogen and oxygen atoms in total. The fourth-order valence-electron chi connectivity index (χ4n) is 2.25. The van der Waals surface area contributed by atoms with E-state index in [1.165, 1.54) is 24.3 Å². The number of aliphatic carboxylic acids is 1. The van der Waals surface area contributed by atoms with Gasteiger partial charge in [-0.05, 0) is 19.1 Å². The summed E-state index contributed by atoms with van der Waals surface area (Å²) < 4.78 is 32.6. The molecule has 0 radical (unpaired) electrons. The van der Waals surface area contributed by atoms with Crippen LogP contribution in [0.25, 0.3) is 0 Å². The Morgan fingerprint density at radius 3 is 2.48 bits per heavy atom. The average molecular weight is 341 g/mol. The standard InChI is InChI=1S/C15H19NO6S/c1-10-2-5-12(6-3-10)23(20,21)16-13-7-4-11(8-15(18)19)22-14(13)9-17/h2-7,11,13-14,16-17H,8-9H2,1H3,(H,18,19)/t11-,13+,14-/m0/s1. The summed E-state index contributed by atoms with van der Waals surface area (Å²) in [7, 11) is -3.77. The number of aryl methyl sites for hydroxylation is 1. The lowest BCUT2D eigenvalue weighted by Crippen LogP contribution is -2.48. The van der Waals surface area contributed by atoms with Gasteiger partial charge in [0, 0.05) is 0 Å². The molecule has 0 unspecified atom stereocenters. The van der Waals surface area contributed by atoms with Crippen LogP contribution in [-0.4, -0.2) is 49.5 Å². The van der Waals surface area contributed by atoms with Gasteiger partial charge in [-0.2, -0.15) is 0 Å². The maximum atomic E-state index is 12.4. The maximum Gasteiger partial charge on any atom is 0.306 e. The monoisotopic (exact) mass is 341 g/mol. The van der Waals surface area contributed by atoms with Crippen LogP contribution >= 0.6 is 0 Å². The molecule has 2 rings (SSSR count). The highest BCUT2D eigenvalue weighted by Gasteiger charge is 2.31. The second kappa shape index (κ2) is 7.22. The van der Waals surface area contributed by atoms with Gasteiger partial charge in [0.1, 0.15) is 6.10 Å². The van der Waals surface area contributed by atoms with E-state index in [-0.39, 0.29) is 11.3 Å². The van der Waals surface area contributed by atoms with E-state index in [1.807, 2.05) is 6.92 Å². The van der Waals surface area contributed by atoms with Gasteiger partial charge in [0.05, 0.1) is 30.1 Å². The Morgan fingerprint density at radius 2 is 1.91 bits per heavy atom. The van der Waals surface area contributed by atoms with Crippen LogP contribution in [0.2, 0.25) is 0 Å². The number of rotatable bonds is 6. The second-order valence-electron chi connectivity index (χ2n) is 5.34. The number of carbonyl (C=O) groups is 1. The van der Waals surface area contributed by atoms with Crippen LogP contribution in [0.4, 0.5) is 0 Å². The van der Waals surface area contributed by atoms with E-state index in [0.29, 0.717) is 0 Å². The molecule has 0 bridgehead atoms. The summed E-state index contributed by atoms with van der Waals surface area (Å²) in [6, 6.07) is 5.59. The number of aliphatic hydroxyl groups is 1. The summed E-state index contributed by atoms with van der Waals surface area (Å²) in [6.07, 6.45) is 1.23. The Labute approximate surface area is 134 Å². The predicted molar refractivity (Wildman–Crippen MR) is 82.4 cm³/mol. The molecule has 1 aromatic rings. The topological polar surface area (TPSA) is 113 Å². The molecular formula is C15H19NO6S. The molecule has 126 valence electrons. The molecule has 0 aromatic heterocycles. The number of sulfonamides is 1. The quantitative estimate of drug-likeness (QED) is 0.647. The van der Waals surface area contributed by atoms with E-state index in [0.717, 1.165) is 5.56 Å². The Morgan fingerprint density at radius 1 is 1.26 bits per heavy atom. The summed E-state index contributed by atoms with van der Waals surface area (Å²) in [6.45, 7) is 1.42. The summed E-state index contributed by atoms with van der Waals surface area (Å²) in [5.74, 6) is -1.03. The molecule has 3 N–H and O–H groups in total. The minimum Gasteiger partial charge on any atom is -0.481 e. The molecule has 0 saturated carbocycles. The van der Waals surface area contributed by atoms with Crippen LogP contribution in [0, 0.1) is 6.92 Å². The number of hydrogen-bond donors (Lipinski definition) is 3. The normalized spacial score (nSPS) is 24.5. The number of ether oxygens (including phenoxy) is 1. The fraction of sp³-hybridized carbons (Fsp3) is 0.400. The molecule has 1 aliphatic heterocycles. The van der Waals surface area contributed by atoms with Crippen LogP contribution in [0.3, 0.4) is 0 Å². The first-order valence-corrected chi connectivity index (χ1v) is 8.55. The molecule has 1 aromatic carbocycles. The molecule has 0 spiro atoms. The minimum atomic E-state index is -3.77. The zero-order chi connectivity index (χ0) is 17.0. The lowest BCUT2D eigenvalue weighted by Gasteiger charge is -2.31. The summed E-state index contributed by atoms with van der Waals surface area (Å²) >= 11 is 0. The van der Waals surface area contributed by atoms with Crippen molar-refractivity contribution in [2.75, 3.05) is 6.61 Å². The molecule has 1 heterocycles. The number of benzene rings is 1. The molecule has 1 aliphatic rings. The van der Waals surface area contributed by atoms with Crippen molar-refractivity contribution in [3.63, 3.8) is 0 Å². The molecule has 0 saturated heterocycles. The largest absolute Gasteiger partial charge is 0.481 e. The van der Waals surface area contributed by atoms with Crippen molar-refractivity contribution in [2.45, 2.75) is 36.5 Å². The molecule has 3 atom stereocenters. The molecule has 8 heteroatoms. The van der Waals surface area contributed by atoms with Crippen molar-refractivity contribution in [3.05, 3.63) is 42.0 Å². The van der Waals surface area contributed by atoms with Crippen molar-refractivity contribution in [1.82, 2.24) is 4.72 Å². The predicted octanol–water partition coefficient (Wildman–Crippen LogP) is 0.433. The highest BCUT2D eigenvalue weighted by molar-refractivity contribution is 7.89. The van der Waals surface area contributed by atoms with E-state index in [9.17, 15) is 18.3 Å². The first-order chi connectivity index (χ1) is 10.8. The lowest BCUT2D eigenvalue weighted by atomic mass is 10.1. The van der Waals surface area contributed by atoms with Crippen LogP contribution in [0.1, 0.15) is 12.0 Å². The van der Waals surface area contributed by atoms with Crippen molar-refractivity contribution in [2.24, 2.45) is 0 Å². The zero-order valence-corrected chi connectivity index (χ0v) is 13.4. The highest BCUT2D eigenvalue weighted by atomic mass is 32.2. The van der Waals surface area contributed by atoms with Gasteiger partial charge in [0.2, 0.25) is 10.0 Å². The van der Waals surface area contributed by atoms with Crippen LogP contribution in [0.15, 0.2) is 41.3 Å². The molecule has 0 fully saturated rings. The number of aliphatic hydroxyl groups excluding tert-OH is 1. The first kappa shape index (κ1) is 17.6. The first-order valence-electron chi connectivity index (χ1n) is 7.07. The average Bonchev–Trinajstić information content (AvgIpc) is 2.48. The third kappa shape index (κ3) is 4.61. The van der Waals surface area contributed by atoms with Gasteiger partial charge in [-0.25, -0.2) is 13.1 Å². The van der Waals surface area contributed by atoms with Crippen LogP contribution in [0.5, 0.6) is 0 Å². The van der Waals surface area contributed by atoms with Gasteiger partial charge in [-0.1, -0.05) is 29.8 Å². The SMILES string of the molecule is Cc1ccc(S(=O)(=O)N[C@@H]2C=C[C@@H](CC(=O)O)O[C@H]2CO)cc1. The van der Waals surface area contributed by atoms with Gasteiger partial charge in [-0.3, -0.25) is 4.79 Å². The van der Waals surface area contributed by atoms with Crippen molar-refractivity contribution >= 4 is 16.0 Å². The number of carboxylic acid groups (broad SMARTS) is 1. The highest BCUT2D eigenvalue weighted by Crippen LogP contribution is 2.18. The Balaban J connectivity index is 2.14. The van der Waals surface area contributed by atoms with Crippen LogP contribution in [-0.2, 0) is 19.6 Å². The van der Waals surface area contributed by atoms with Crippen molar-refractivity contribution in [1.29, 1.82) is 0 Å². The molecular weight excluding hydrogens is 322 g/mol. The van der Waals surface area contributed by atoms with Gasteiger partial charge in [0.25, 0.3) is 0 Å². The van der Waals surface area contributed by atoms with Gasteiger partial charge >= 0.3 is 5.97 Å². The Kier molecular flexibility index (Phi) is 5.53. The number of hydrogen-bond acceptors (Lipinski definition) is 5. The smallest absolute Gasteiger partial charge is 0.306 e. The number of carboxylic acids is 1. The van der Waals surface area contributed by atoms with Crippen molar-refractivity contribution in [3.8, 4) is 0 Å². The Bertz CT molecular complexity index is 682. The van der Waals surface area contributed by atoms with Gasteiger partial charge < -0.3 is 14.9 Å². The van der Waals surface area contributed by atoms with Gasteiger partial charge in [-0.15, -0.1) is 0 Å². The molecule has 0 aliphatic carbocycles. The minimum absolute atomic E-state index is 0.112. The number of nitrogens with one attached hydrogen (secondary N) is 1. The summed E-state index contributed by atoms with van der Waals surface area (Å²) in [4.78, 5) is 10.8. The Hall–Kier alpha value is -1.74. The summed E-state index contributed by atoms with van der Waals surface area (Å²) in [5, 5.41) is 18.1. The lowest BCUT2D eigenvalue weighted by molar-refractivity contribution is -0.141. The van der Waals surface area contributed by atoms with E-state index >= 15 is 0 Å². The molecule has 23 heavy (non-hydrogen) atoms. The third-order valence-corrected chi connectivity index (χ3v) is 4.94. The molecule has 0 amide bonds. The fourth-order valence-corrected chi connectivity index (χ4v) is 3.47.